The van der Waals surface area contributed by atoms with E-state index in [0.717, 1.165) is 11.3 Å². The summed E-state index contributed by atoms with van der Waals surface area (Å²) in [6.45, 7) is 5.58. The molecule has 1 aromatic rings. The zero-order chi connectivity index (χ0) is 12.8. The fourth-order valence-electron chi connectivity index (χ4n) is 1.22. The average molecular weight is 249 g/mol. The maximum Gasteiger partial charge on any atom is 0.349 e. The Balaban J connectivity index is 2.87. The molecule has 1 rings (SSSR count). The van der Waals surface area contributed by atoms with Crippen LogP contribution in [0, 0.1) is 11.3 Å². The van der Waals surface area contributed by atoms with E-state index in [-0.39, 0.29) is 11.7 Å². The first kappa shape index (κ1) is 13.5. The van der Waals surface area contributed by atoms with Crippen LogP contribution in [0.2, 0.25) is 0 Å². The molecule has 0 N–H and O–H groups in total. The Morgan fingerprint density at radius 2 is 2.29 bits per heavy atom. The van der Waals surface area contributed by atoms with Crippen molar-refractivity contribution in [2.75, 3.05) is 0 Å². The van der Waals surface area contributed by atoms with Crippen molar-refractivity contribution in [1.82, 2.24) is 0 Å². The maximum atomic E-state index is 11.6. The molecule has 0 fully saturated rings. The van der Waals surface area contributed by atoms with E-state index in [2.05, 4.69) is 6.92 Å². The second kappa shape index (κ2) is 6.21. The number of ether oxygens (including phenoxy) is 1. The van der Waals surface area contributed by atoms with Gasteiger partial charge in [0.2, 0.25) is 0 Å². The summed E-state index contributed by atoms with van der Waals surface area (Å²) >= 11 is 1.58. The summed E-state index contributed by atoms with van der Waals surface area (Å²) in [6, 6.07) is 5.78. The zero-order valence-electron chi connectivity index (χ0n) is 10.2. The van der Waals surface area contributed by atoms with Gasteiger partial charge in [-0.25, -0.2) is 4.79 Å². The molecule has 17 heavy (non-hydrogen) atoms. The SMILES string of the molecule is CCc1ccc(C=C(C#N)C(=O)OC(C)C)s1. The third kappa shape index (κ3) is 4.04. The number of rotatable bonds is 4. The van der Waals surface area contributed by atoms with Crippen LogP contribution < -0.4 is 0 Å². The van der Waals surface area contributed by atoms with Gasteiger partial charge < -0.3 is 4.74 Å². The molecular formula is C13H15NO2S. The number of hydrogen-bond acceptors (Lipinski definition) is 4. The van der Waals surface area contributed by atoms with Crippen molar-refractivity contribution in [2.24, 2.45) is 0 Å². The molecule has 1 heterocycles. The van der Waals surface area contributed by atoms with Gasteiger partial charge in [-0.1, -0.05) is 6.92 Å². The van der Waals surface area contributed by atoms with E-state index in [1.165, 1.54) is 4.88 Å². The Bertz CT molecular complexity index is 466. The van der Waals surface area contributed by atoms with Crippen LogP contribution in [-0.4, -0.2) is 12.1 Å². The van der Waals surface area contributed by atoms with Crippen molar-refractivity contribution in [2.45, 2.75) is 33.3 Å². The Kier molecular flexibility index (Phi) is 4.92. The Hall–Kier alpha value is -1.60. The fraction of sp³-hybridized carbons (Fsp3) is 0.385. The van der Waals surface area contributed by atoms with E-state index in [1.54, 1.807) is 31.3 Å². The lowest BCUT2D eigenvalue weighted by atomic mass is 10.2. The molecule has 0 saturated carbocycles. The third-order valence-corrected chi connectivity index (χ3v) is 3.18. The largest absolute Gasteiger partial charge is 0.459 e. The predicted octanol–water partition coefficient (Wildman–Crippen LogP) is 3.17. The third-order valence-electron chi connectivity index (χ3n) is 2.00. The van der Waals surface area contributed by atoms with Crippen LogP contribution in [0.4, 0.5) is 0 Å². The lowest BCUT2D eigenvalue weighted by molar-refractivity contribution is -0.142. The molecule has 4 heteroatoms. The quantitative estimate of drug-likeness (QED) is 0.468. The normalized spacial score (nSPS) is 11.4. The van der Waals surface area contributed by atoms with Gasteiger partial charge >= 0.3 is 5.97 Å². The molecule has 0 atom stereocenters. The highest BCUT2D eigenvalue weighted by molar-refractivity contribution is 7.12. The summed E-state index contributed by atoms with van der Waals surface area (Å²) in [5.41, 5.74) is 0.0446. The lowest BCUT2D eigenvalue weighted by Gasteiger charge is -2.05. The molecule has 0 aliphatic carbocycles. The van der Waals surface area contributed by atoms with Crippen LogP contribution in [0.15, 0.2) is 17.7 Å². The molecule has 0 spiro atoms. The Labute approximate surface area is 105 Å². The van der Waals surface area contributed by atoms with E-state index in [4.69, 9.17) is 10.00 Å². The molecule has 0 amide bonds. The number of esters is 1. The topological polar surface area (TPSA) is 50.1 Å². The van der Waals surface area contributed by atoms with Crippen molar-refractivity contribution in [3.63, 3.8) is 0 Å². The molecule has 0 aromatic carbocycles. The maximum absolute atomic E-state index is 11.6. The van der Waals surface area contributed by atoms with E-state index in [1.807, 2.05) is 18.2 Å². The van der Waals surface area contributed by atoms with Gasteiger partial charge in [0.05, 0.1) is 6.10 Å². The van der Waals surface area contributed by atoms with Crippen LogP contribution in [0.3, 0.4) is 0 Å². The van der Waals surface area contributed by atoms with E-state index < -0.39 is 5.97 Å². The average Bonchev–Trinajstić information content (AvgIpc) is 2.72. The van der Waals surface area contributed by atoms with Gasteiger partial charge in [0.1, 0.15) is 11.6 Å². The van der Waals surface area contributed by atoms with Gasteiger partial charge in [-0.2, -0.15) is 5.26 Å². The number of nitrogens with zero attached hydrogens (tertiary/aromatic N) is 1. The van der Waals surface area contributed by atoms with Crippen molar-refractivity contribution in [3.8, 4) is 6.07 Å². The minimum Gasteiger partial charge on any atom is -0.459 e. The predicted molar refractivity (Wildman–Crippen MR) is 68.5 cm³/mol. The zero-order valence-corrected chi connectivity index (χ0v) is 11.0. The standard InChI is InChI=1S/C13H15NO2S/c1-4-11-5-6-12(17-11)7-10(8-14)13(15)16-9(2)3/h5-7,9H,4H2,1-3H3. The Morgan fingerprint density at radius 1 is 1.59 bits per heavy atom. The summed E-state index contributed by atoms with van der Waals surface area (Å²) in [5.74, 6) is -0.561. The van der Waals surface area contributed by atoms with Gasteiger partial charge in [-0.3, -0.25) is 0 Å². The highest BCUT2D eigenvalue weighted by atomic mass is 32.1. The number of hydrogen-bond donors (Lipinski definition) is 0. The first-order chi connectivity index (χ1) is 8.06. The smallest absolute Gasteiger partial charge is 0.349 e. The molecule has 0 radical (unpaired) electrons. The highest BCUT2D eigenvalue weighted by Gasteiger charge is 2.12. The van der Waals surface area contributed by atoms with Crippen LogP contribution in [-0.2, 0) is 16.0 Å². The van der Waals surface area contributed by atoms with Crippen LogP contribution in [0.25, 0.3) is 6.08 Å². The summed E-state index contributed by atoms with van der Waals surface area (Å²) in [4.78, 5) is 13.7. The molecule has 3 nitrogen and oxygen atoms in total. The molecule has 0 unspecified atom stereocenters. The second-order valence-corrected chi connectivity index (χ2v) is 4.98. The molecular weight excluding hydrogens is 234 g/mol. The van der Waals surface area contributed by atoms with Gasteiger partial charge in [-0.05, 0) is 38.5 Å². The summed E-state index contributed by atoms with van der Waals surface area (Å²) in [6.07, 6.45) is 2.32. The number of carbonyl (C=O) groups is 1. The van der Waals surface area contributed by atoms with Crippen LogP contribution in [0.5, 0.6) is 0 Å². The van der Waals surface area contributed by atoms with E-state index in [0.29, 0.717) is 0 Å². The number of carbonyl (C=O) groups excluding carboxylic acids is 1. The van der Waals surface area contributed by atoms with Gasteiger partial charge in [0.25, 0.3) is 0 Å². The molecule has 1 aromatic heterocycles. The molecule has 0 bridgehead atoms. The number of aryl methyl sites for hydroxylation is 1. The molecule has 0 aliphatic heterocycles. The van der Waals surface area contributed by atoms with Gasteiger partial charge in [-0.15, -0.1) is 11.3 Å². The van der Waals surface area contributed by atoms with Crippen molar-refractivity contribution < 1.29 is 9.53 Å². The minimum atomic E-state index is -0.561. The van der Waals surface area contributed by atoms with Crippen LogP contribution in [0.1, 0.15) is 30.5 Å². The van der Waals surface area contributed by atoms with E-state index in [9.17, 15) is 4.79 Å². The first-order valence-electron chi connectivity index (χ1n) is 5.48. The molecule has 90 valence electrons. The highest BCUT2D eigenvalue weighted by Crippen LogP contribution is 2.20. The van der Waals surface area contributed by atoms with Crippen molar-refractivity contribution in [3.05, 3.63) is 27.5 Å². The van der Waals surface area contributed by atoms with Crippen molar-refractivity contribution in [1.29, 1.82) is 5.26 Å². The van der Waals surface area contributed by atoms with Gasteiger partial charge in [0.15, 0.2) is 0 Å². The lowest BCUT2D eigenvalue weighted by Crippen LogP contribution is -2.12. The monoisotopic (exact) mass is 249 g/mol. The number of nitriles is 1. The fourth-order valence-corrected chi connectivity index (χ4v) is 2.11. The van der Waals surface area contributed by atoms with Crippen LogP contribution >= 0.6 is 11.3 Å². The van der Waals surface area contributed by atoms with Gasteiger partial charge in [0, 0.05) is 9.75 Å². The first-order valence-corrected chi connectivity index (χ1v) is 6.30. The second-order valence-electron chi connectivity index (χ2n) is 3.78. The molecule has 0 aliphatic rings. The van der Waals surface area contributed by atoms with E-state index >= 15 is 0 Å². The summed E-state index contributed by atoms with van der Waals surface area (Å²) in [5, 5.41) is 8.92. The summed E-state index contributed by atoms with van der Waals surface area (Å²) in [7, 11) is 0. The minimum absolute atomic E-state index is 0.0446. The summed E-state index contributed by atoms with van der Waals surface area (Å²) < 4.78 is 4.98. The van der Waals surface area contributed by atoms with Crippen molar-refractivity contribution >= 4 is 23.4 Å². The number of thiophene rings is 1. The Morgan fingerprint density at radius 3 is 2.76 bits per heavy atom. The molecule has 0 saturated heterocycles.